The Morgan fingerprint density at radius 1 is 1.47 bits per heavy atom. The number of H-pyrrole nitrogens is 1. The molecule has 0 spiro atoms. The Morgan fingerprint density at radius 2 is 2.16 bits per heavy atom. The number of rotatable bonds is 4. The van der Waals surface area contributed by atoms with Crippen molar-refractivity contribution < 1.29 is 4.79 Å². The zero-order chi connectivity index (χ0) is 14.5. The molecule has 1 amide bonds. The standard InChI is InChI=1S/C16H24N2O/c1-6-14-13(7-9-17-14)11-12(2)15(19)18-10-8-16(3,4)5/h6-7,9,11,17H,2,8,10H2,1,3-5H3,(H,18,19)/b13-11-,14-6+. The van der Waals surface area contributed by atoms with Crippen molar-refractivity contribution >= 4 is 18.1 Å². The van der Waals surface area contributed by atoms with Crippen molar-refractivity contribution in [3.63, 3.8) is 0 Å². The zero-order valence-corrected chi connectivity index (χ0v) is 12.3. The molecule has 1 heterocycles. The van der Waals surface area contributed by atoms with Crippen molar-refractivity contribution in [1.29, 1.82) is 0 Å². The molecule has 0 saturated heterocycles. The van der Waals surface area contributed by atoms with E-state index in [0.29, 0.717) is 12.1 Å². The van der Waals surface area contributed by atoms with Crippen LogP contribution in [0.25, 0.3) is 12.2 Å². The lowest BCUT2D eigenvalue weighted by Gasteiger charge is -2.17. The minimum absolute atomic E-state index is 0.104. The molecule has 0 aliphatic rings. The SMILES string of the molecule is C=C(/C=c1/cc[nH]/c1=C/C)C(=O)NCCC(C)(C)C. The first-order valence-electron chi connectivity index (χ1n) is 6.62. The van der Waals surface area contributed by atoms with Gasteiger partial charge in [0.25, 0.3) is 5.91 Å². The second kappa shape index (κ2) is 6.41. The van der Waals surface area contributed by atoms with Gasteiger partial charge in [-0.3, -0.25) is 4.79 Å². The summed E-state index contributed by atoms with van der Waals surface area (Å²) in [5.41, 5.74) is 0.708. The molecule has 1 aromatic heterocycles. The van der Waals surface area contributed by atoms with Crippen LogP contribution in [0.1, 0.15) is 34.1 Å². The molecule has 0 saturated carbocycles. The normalized spacial score (nSPS) is 13.7. The first-order chi connectivity index (χ1) is 8.83. The molecule has 3 heteroatoms. The van der Waals surface area contributed by atoms with Crippen LogP contribution in [0.2, 0.25) is 0 Å². The molecule has 3 nitrogen and oxygen atoms in total. The molecule has 19 heavy (non-hydrogen) atoms. The summed E-state index contributed by atoms with van der Waals surface area (Å²) in [6, 6.07) is 1.93. The van der Waals surface area contributed by atoms with E-state index in [0.717, 1.165) is 17.0 Å². The highest BCUT2D eigenvalue weighted by Gasteiger charge is 2.11. The molecule has 0 atom stereocenters. The van der Waals surface area contributed by atoms with Crippen LogP contribution < -0.4 is 15.9 Å². The van der Waals surface area contributed by atoms with Crippen molar-refractivity contribution in [2.24, 2.45) is 5.41 Å². The average molecular weight is 260 g/mol. The molecular weight excluding hydrogens is 236 g/mol. The predicted molar refractivity (Wildman–Crippen MR) is 80.9 cm³/mol. The maximum absolute atomic E-state index is 11.9. The highest BCUT2D eigenvalue weighted by molar-refractivity contribution is 6.00. The topological polar surface area (TPSA) is 44.9 Å². The van der Waals surface area contributed by atoms with Crippen LogP contribution >= 0.6 is 0 Å². The van der Waals surface area contributed by atoms with Gasteiger partial charge in [-0.05, 0) is 36.1 Å². The van der Waals surface area contributed by atoms with Crippen molar-refractivity contribution in [3.8, 4) is 0 Å². The van der Waals surface area contributed by atoms with Crippen LogP contribution in [0.4, 0.5) is 0 Å². The fourth-order valence-corrected chi connectivity index (χ4v) is 1.69. The van der Waals surface area contributed by atoms with E-state index in [2.05, 4.69) is 37.7 Å². The van der Waals surface area contributed by atoms with E-state index in [4.69, 9.17) is 0 Å². The maximum atomic E-state index is 11.9. The minimum Gasteiger partial charge on any atom is -0.361 e. The van der Waals surface area contributed by atoms with Crippen LogP contribution in [0.15, 0.2) is 24.4 Å². The first-order valence-corrected chi connectivity index (χ1v) is 6.62. The van der Waals surface area contributed by atoms with E-state index < -0.39 is 0 Å². The smallest absolute Gasteiger partial charge is 0.250 e. The number of amides is 1. The van der Waals surface area contributed by atoms with Gasteiger partial charge in [-0.2, -0.15) is 0 Å². The Balaban J connectivity index is 2.65. The summed E-state index contributed by atoms with van der Waals surface area (Å²) >= 11 is 0. The highest BCUT2D eigenvalue weighted by atomic mass is 16.1. The van der Waals surface area contributed by atoms with Gasteiger partial charge >= 0.3 is 0 Å². The average Bonchev–Trinajstić information content (AvgIpc) is 2.74. The monoisotopic (exact) mass is 260 g/mol. The zero-order valence-electron chi connectivity index (χ0n) is 12.3. The lowest BCUT2D eigenvalue weighted by molar-refractivity contribution is -0.117. The summed E-state index contributed by atoms with van der Waals surface area (Å²) in [5, 5.41) is 4.89. The molecule has 0 aliphatic carbocycles. The first kappa shape index (κ1) is 15.3. The lowest BCUT2D eigenvalue weighted by atomic mass is 9.92. The summed E-state index contributed by atoms with van der Waals surface area (Å²) in [7, 11) is 0. The van der Waals surface area contributed by atoms with Crippen LogP contribution in [-0.4, -0.2) is 17.4 Å². The number of hydrogen-bond acceptors (Lipinski definition) is 1. The predicted octanol–water partition coefficient (Wildman–Crippen LogP) is 1.70. The Morgan fingerprint density at radius 3 is 2.74 bits per heavy atom. The Labute approximate surface area is 115 Å². The molecule has 0 fully saturated rings. The number of aromatic nitrogens is 1. The molecule has 0 unspecified atom stereocenters. The number of aromatic amines is 1. The van der Waals surface area contributed by atoms with Crippen LogP contribution in [-0.2, 0) is 4.79 Å². The molecule has 0 aliphatic heterocycles. The van der Waals surface area contributed by atoms with Gasteiger partial charge in [-0.25, -0.2) is 0 Å². The molecule has 104 valence electrons. The number of carbonyl (C=O) groups excluding carboxylic acids is 1. The second-order valence-electron chi connectivity index (χ2n) is 5.87. The molecule has 2 N–H and O–H groups in total. The summed E-state index contributed by atoms with van der Waals surface area (Å²) in [5.74, 6) is -0.104. The van der Waals surface area contributed by atoms with E-state index in [-0.39, 0.29) is 11.3 Å². The fourth-order valence-electron chi connectivity index (χ4n) is 1.69. The number of carbonyl (C=O) groups is 1. The largest absolute Gasteiger partial charge is 0.361 e. The number of nitrogens with one attached hydrogen (secondary N) is 2. The van der Waals surface area contributed by atoms with E-state index in [1.807, 2.05) is 25.3 Å². The summed E-state index contributed by atoms with van der Waals surface area (Å²) in [6.45, 7) is 12.9. The molecular formula is C16H24N2O. The summed E-state index contributed by atoms with van der Waals surface area (Å²) in [4.78, 5) is 15.0. The van der Waals surface area contributed by atoms with Crippen molar-refractivity contribution in [3.05, 3.63) is 35.0 Å². The maximum Gasteiger partial charge on any atom is 0.250 e. The van der Waals surface area contributed by atoms with Gasteiger partial charge < -0.3 is 10.3 Å². The van der Waals surface area contributed by atoms with Gasteiger partial charge in [0.15, 0.2) is 0 Å². The molecule has 0 aromatic carbocycles. The third-order valence-electron chi connectivity index (χ3n) is 2.88. The van der Waals surface area contributed by atoms with E-state index >= 15 is 0 Å². The highest BCUT2D eigenvalue weighted by Crippen LogP contribution is 2.16. The fraction of sp³-hybridized carbons (Fsp3) is 0.438. The third-order valence-corrected chi connectivity index (χ3v) is 2.88. The number of hydrogen-bond donors (Lipinski definition) is 2. The van der Waals surface area contributed by atoms with E-state index in [9.17, 15) is 4.79 Å². The van der Waals surface area contributed by atoms with Gasteiger partial charge in [0.05, 0.1) is 0 Å². The summed E-state index contributed by atoms with van der Waals surface area (Å²) < 4.78 is 0. The lowest BCUT2D eigenvalue weighted by Crippen LogP contribution is -2.29. The van der Waals surface area contributed by atoms with Crippen LogP contribution in [0.5, 0.6) is 0 Å². The Bertz CT molecular complexity index is 558. The van der Waals surface area contributed by atoms with Gasteiger partial charge in [0, 0.05) is 23.7 Å². The quantitative estimate of drug-likeness (QED) is 0.795. The van der Waals surface area contributed by atoms with Gasteiger partial charge in [0.1, 0.15) is 0 Å². The third kappa shape index (κ3) is 5.16. The van der Waals surface area contributed by atoms with E-state index in [1.54, 1.807) is 6.08 Å². The van der Waals surface area contributed by atoms with Crippen LogP contribution in [0.3, 0.4) is 0 Å². The van der Waals surface area contributed by atoms with Gasteiger partial charge in [-0.1, -0.05) is 33.4 Å². The van der Waals surface area contributed by atoms with Crippen LogP contribution in [0, 0.1) is 5.41 Å². The molecule has 0 bridgehead atoms. The second-order valence-corrected chi connectivity index (χ2v) is 5.87. The molecule has 1 rings (SSSR count). The minimum atomic E-state index is -0.104. The van der Waals surface area contributed by atoms with Crippen molar-refractivity contribution in [1.82, 2.24) is 10.3 Å². The van der Waals surface area contributed by atoms with Gasteiger partial charge in [-0.15, -0.1) is 0 Å². The summed E-state index contributed by atoms with van der Waals surface area (Å²) in [6.07, 6.45) is 6.57. The van der Waals surface area contributed by atoms with E-state index in [1.165, 1.54) is 0 Å². The Kier molecular flexibility index (Phi) is 5.16. The van der Waals surface area contributed by atoms with Gasteiger partial charge in [0.2, 0.25) is 0 Å². The Hall–Kier alpha value is -1.77. The molecule has 1 aromatic rings. The van der Waals surface area contributed by atoms with Crippen molar-refractivity contribution in [2.45, 2.75) is 34.1 Å². The van der Waals surface area contributed by atoms with Crippen molar-refractivity contribution in [2.75, 3.05) is 6.54 Å². The molecule has 0 radical (unpaired) electrons.